The van der Waals surface area contributed by atoms with Gasteiger partial charge in [0, 0.05) is 18.8 Å². The molecule has 1 aliphatic heterocycles. The molecule has 0 fully saturated rings. The highest BCUT2D eigenvalue weighted by molar-refractivity contribution is 5.75. The smallest absolute Gasteiger partial charge is 0.129 e. The minimum absolute atomic E-state index is 0.0751. The van der Waals surface area contributed by atoms with Crippen LogP contribution in [0.3, 0.4) is 0 Å². The van der Waals surface area contributed by atoms with Crippen molar-refractivity contribution < 1.29 is 4.79 Å². The van der Waals surface area contributed by atoms with Crippen LogP contribution in [-0.4, -0.2) is 19.4 Å². The monoisotopic (exact) mass is 189 g/mol. The number of likely N-dealkylation sites (N-methyl/N-ethyl adjacent to an activating group) is 1. The minimum Gasteiger partial charge on any atom is -0.371 e. The Labute approximate surface area is 84.5 Å². The van der Waals surface area contributed by atoms with E-state index < -0.39 is 0 Å². The summed E-state index contributed by atoms with van der Waals surface area (Å²) in [5.41, 5.74) is 3.70. The summed E-state index contributed by atoms with van der Waals surface area (Å²) in [5.74, 6) is 0.0751. The van der Waals surface area contributed by atoms with E-state index in [9.17, 15) is 4.79 Å². The summed E-state index contributed by atoms with van der Waals surface area (Å²) in [4.78, 5) is 13.2. The molecule has 1 aromatic rings. The SMILES string of the molecule is CCN1CC(C=O)c2c(C)cccc21. The van der Waals surface area contributed by atoms with Gasteiger partial charge < -0.3 is 9.69 Å². The number of hydrogen-bond donors (Lipinski definition) is 0. The second kappa shape index (κ2) is 3.45. The van der Waals surface area contributed by atoms with E-state index in [-0.39, 0.29) is 5.92 Å². The normalized spacial score (nSPS) is 19.6. The largest absolute Gasteiger partial charge is 0.371 e. The highest BCUT2D eigenvalue weighted by Crippen LogP contribution is 2.36. The molecule has 0 bridgehead atoms. The molecule has 0 N–H and O–H groups in total. The number of anilines is 1. The van der Waals surface area contributed by atoms with Crippen LogP contribution in [0, 0.1) is 6.92 Å². The first kappa shape index (κ1) is 9.25. The Morgan fingerprint density at radius 2 is 2.36 bits per heavy atom. The molecule has 1 unspecified atom stereocenters. The number of carbonyl (C=O) groups is 1. The predicted molar refractivity (Wildman–Crippen MR) is 57.9 cm³/mol. The van der Waals surface area contributed by atoms with Gasteiger partial charge in [-0.1, -0.05) is 12.1 Å². The van der Waals surface area contributed by atoms with Crippen LogP contribution < -0.4 is 4.90 Å². The van der Waals surface area contributed by atoms with Crippen LogP contribution in [0.25, 0.3) is 0 Å². The lowest BCUT2D eigenvalue weighted by molar-refractivity contribution is -0.108. The van der Waals surface area contributed by atoms with Crippen LogP contribution in [0.2, 0.25) is 0 Å². The summed E-state index contributed by atoms with van der Waals surface area (Å²) in [5, 5.41) is 0. The molecular formula is C12H15NO. The van der Waals surface area contributed by atoms with Gasteiger partial charge in [-0.25, -0.2) is 0 Å². The van der Waals surface area contributed by atoms with Crippen LogP contribution in [-0.2, 0) is 4.79 Å². The molecule has 1 heterocycles. The third-order valence-electron chi connectivity index (χ3n) is 2.98. The van der Waals surface area contributed by atoms with Gasteiger partial charge in [-0.15, -0.1) is 0 Å². The van der Waals surface area contributed by atoms with Gasteiger partial charge in [0.1, 0.15) is 6.29 Å². The highest BCUT2D eigenvalue weighted by Gasteiger charge is 2.28. The Morgan fingerprint density at radius 3 is 3.00 bits per heavy atom. The molecule has 74 valence electrons. The van der Waals surface area contributed by atoms with E-state index in [2.05, 4.69) is 36.9 Å². The molecule has 0 saturated carbocycles. The van der Waals surface area contributed by atoms with Crippen molar-refractivity contribution in [1.29, 1.82) is 0 Å². The molecule has 0 amide bonds. The van der Waals surface area contributed by atoms with E-state index in [1.807, 2.05) is 0 Å². The lowest BCUT2D eigenvalue weighted by Crippen LogP contribution is -2.21. The molecular weight excluding hydrogens is 174 g/mol. The van der Waals surface area contributed by atoms with Gasteiger partial charge in [0.2, 0.25) is 0 Å². The predicted octanol–water partition coefficient (Wildman–Crippen LogP) is 2.12. The molecule has 14 heavy (non-hydrogen) atoms. The molecule has 1 aliphatic rings. The van der Waals surface area contributed by atoms with Crippen LogP contribution in [0.15, 0.2) is 18.2 Å². The Kier molecular flexibility index (Phi) is 2.28. The molecule has 0 aromatic heterocycles. The first-order valence-corrected chi connectivity index (χ1v) is 5.07. The fourth-order valence-electron chi connectivity index (χ4n) is 2.26. The number of hydrogen-bond acceptors (Lipinski definition) is 2. The molecule has 2 heteroatoms. The average Bonchev–Trinajstić information content (AvgIpc) is 2.57. The van der Waals surface area contributed by atoms with Crippen molar-refractivity contribution in [3.8, 4) is 0 Å². The highest BCUT2D eigenvalue weighted by atomic mass is 16.1. The van der Waals surface area contributed by atoms with Crippen LogP contribution in [0.5, 0.6) is 0 Å². The summed E-state index contributed by atoms with van der Waals surface area (Å²) < 4.78 is 0. The zero-order valence-electron chi connectivity index (χ0n) is 8.66. The minimum atomic E-state index is 0.0751. The van der Waals surface area contributed by atoms with Gasteiger partial charge in [0.15, 0.2) is 0 Å². The van der Waals surface area contributed by atoms with Gasteiger partial charge in [0.05, 0.1) is 5.92 Å². The van der Waals surface area contributed by atoms with Gasteiger partial charge in [-0.05, 0) is 31.0 Å². The number of aryl methyl sites for hydroxylation is 1. The van der Waals surface area contributed by atoms with E-state index in [1.54, 1.807) is 0 Å². The second-order valence-electron chi connectivity index (χ2n) is 3.79. The van der Waals surface area contributed by atoms with Gasteiger partial charge in [-0.2, -0.15) is 0 Å². The maximum Gasteiger partial charge on any atom is 0.129 e. The van der Waals surface area contributed by atoms with Crippen LogP contribution in [0.4, 0.5) is 5.69 Å². The topological polar surface area (TPSA) is 20.3 Å². The number of nitrogens with zero attached hydrogens (tertiary/aromatic N) is 1. The van der Waals surface area contributed by atoms with Crippen molar-refractivity contribution in [2.45, 2.75) is 19.8 Å². The number of benzene rings is 1. The number of rotatable bonds is 2. The number of carbonyl (C=O) groups excluding carboxylic acids is 1. The maximum absolute atomic E-state index is 11.0. The number of fused-ring (bicyclic) bond motifs is 1. The molecule has 0 spiro atoms. The summed E-state index contributed by atoms with van der Waals surface area (Å²) >= 11 is 0. The standard InChI is InChI=1S/C12H15NO/c1-3-13-7-10(8-14)12-9(2)5-4-6-11(12)13/h4-6,8,10H,3,7H2,1-2H3. The van der Waals surface area contributed by atoms with Crippen LogP contribution in [0.1, 0.15) is 24.0 Å². The van der Waals surface area contributed by atoms with Gasteiger partial charge in [0.25, 0.3) is 0 Å². The second-order valence-corrected chi connectivity index (χ2v) is 3.79. The van der Waals surface area contributed by atoms with Crippen molar-refractivity contribution in [2.24, 2.45) is 0 Å². The molecule has 1 atom stereocenters. The van der Waals surface area contributed by atoms with Crippen molar-refractivity contribution >= 4 is 12.0 Å². The first-order valence-electron chi connectivity index (χ1n) is 5.07. The Morgan fingerprint density at radius 1 is 1.57 bits per heavy atom. The lowest BCUT2D eigenvalue weighted by Gasteiger charge is -2.16. The molecule has 0 radical (unpaired) electrons. The van der Waals surface area contributed by atoms with E-state index in [1.165, 1.54) is 16.8 Å². The van der Waals surface area contributed by atoms with E-state index in [0.717, 1.165) is 19.4 Å². The van der Waals surface area contributed by atoms with Crippen molar-refractivity contribution in [3.05, 3.63) is 29.3 Å². The summed E-state index contributed by atoms with van der Waals surface area (Å²) in [7, 11) is 0. The third-order valence-corrected chi connectivity index (χ3v) is 2.98. The zero-order valence-corrected chi connectivity index (χ0v) is 8.66. The third kappa shape index (κ3) is 1.22. The fourth-order valence-corrected chi connectivity index (χ4v) is 2.26. The summed E-state index contributed by atoms with van der Waals surface area (Å²) in [6, 6.07) is 6.24. The number of aldehydes is 1. The quantitative estimate of drug-likeness (QED) is 0.664. The van der Waals surface area contributed by atoms with Crippen LogP contribution >= 0.6 is 0 Å². The molecule has 0 aliphatic carbocycles. The van der Waals surface area contributed by atoms with Crippen molar-refractivity contribution in [3.63, 3.8) is 0 Å². The zero-order chi connectivity index (χ0) is 10.1. The maximum atomic E-state index is 11.0. The van der Waals surface area contributed by atoms with Crippen molar-refractivity contribution in [1.82, 2.24) is 0 Å². The molecule has 1 aromatic carbocycles. The summed E-state index contributed by atoms with van der Waals surface area (Å²) in [6.45, 7) is 6.02. The van der Waals surface area contributed by atoms with E-state index in [4.69, 9.17) is 0 Å². The van der Waals surface area contributed by atoms with Crippen molar-refractivity contribution in [2.75, 3.05) is 18.0 Å². The fraction of sp³-hybridized carbons (Fsp3) is 0.417. The molecule has 2 nitrogen and oxygen atoms in total. The van der Waals surface area contributed by atoms with E-state index >= 15 is 0 Å². The first-order chi connectivity index (χ1) is 6.77. The Hall–Kier alpha value is -1.31. The Balaban J connectivity index is 2.52. The van der Waals surface area contributed by atoms with Gasteiger partial charge in [-0.3, -0.25) is 0 Å². The lowest BCUT2D eigenvalue weighted by atomic mass is 9.98. The molecule has 2 rings (SSSR count). The van der Waals surface area contributed by atoms with E-state index in [0.29, 0.717) is 0 Å². The summed E-state index contributed by atoms with van der Waals surface area (Å²) in [6.07, 6.45) is 1.07. The van der Waals surface area contributed by atoms with Gasteiger partial charge >= 0.3 is 0 Å². The molecule has 0 saturated heterocycles. The average molecular weight is 189 g/mol. The Bertz CT molecular complexity index is 359.